The van der Waals surface area contributed by atoms with Gasteiger partial charge in [-0.05, 0) is 31.0 Å². The number of hydrogen-bond acceptors (Lipinski definition) is 3. The number of benzene rings is 2. The minimum absolute atomic E-state index is 0.314. The van der Waals surface area contributed by atoms with E-state index in [1.807, 2.05) is 62.2 Å². The number of aryl methyl sites for hydroxylation is 1. The molecule has 0 saturated carbocycles. The molecular weight excluding hydrogens is 317 g/mol. The van der Waals surface area contributed by atoms with E-state index in [9.17, 15) is 4.39 Å². The SMILES string of the molecule is CCN(C)C=Nc1cc(F)c(C2CC(c3ccccc3)=NO2)cc1C. The Balaban J connectivity index is 1.78. The topological polar surface area (TPSA) is 37.2 Å². The van der Waals surface area contributed by atoms with Crippen molar-refractivity contribution in [2.45, 2.75) is 26.4 Å². The van der Waals surface area contributed by atoms with Crippen molar-refractivity contribution in [1.29, 1.82) is 0 Å². The van der Waals surface area contributed by atoms with Crippen molar-refractivity contribution in [2.24, 2.45) is 10.1 Å². The molecule has 0 bridgehead atoms. The summed E-state index contributed by atoms with van der Waals surface area (Å²) in [5, 5.41) is 4.14. The summed E-state index contributed by atoms with van der Waals surface area (Å²) in [6.07, 6.45) is 1.87. The van der Waals surface area contributed by atoms with Gasteiger partial charge < -0.3 is 9.74 Å². The van der Waals surface area contributed by atoms with Gasteiger partial charge in [-0.25, -0.2) is 9.38 Å². The summed E-state index contributed by atoms with van der Waals surface area (Å²) >= 11 is 0. The molecule has 1 unspecified atom stereocenters. The maximum Gasteiger partial charge on any atom is 0.161 e. The van der Waals surface area contributed by atoms with Crippen LogP contribution in [0.5, 0.6) is 0 Å². The Hall–Kier alpha value is -2.69. The molecule has 130 valence electrons. The highest BCUT2D eigenvalue weighted by molar-refractivity contribution is 6.01. The van der Waals surface area contributed by atoms with Gasteiger partial charge in [0.2, 0.25) is 0 Å². The predicted molar refractivity (Wildman–Crippen MR) is 99.0 cm³/mol. The van der Waals surface area contributed by atoms with E-state index in [0.29, 0.717) is 17.7 Å². The highest BCUT2D eigenvalue weighted by Crippen LogP contribution is 2.34. The second kappa shape index (κ2) is 7.47. The number of halogens is 1. The highest BCUT2D eigenvalue weighted by Gasteiger charge is 2.27. The second-order valence-electron chi connectivity index (χ2n) is 6.18. The molecule has 0 aliphatic carbocycles. The quantitative estimate of drug-likeness (QED) is 0.589. The van der Waals surface area contributed by atoms with E-state index in [2.05, 4.69) is 10.1 Å². The van der Waals surface area contributed by atoms with E-state index >= 15 is 0 Å². The van der Waals surface area contributed by atoms with E-state index in [4.69, 9.17) is 4.84 Å². The third-order valence-corrected chi connectivity index (χ3v) is 4.33. The third kappa shape index (κ3) is 3.87. The lowest BCUT2D eigenvalue weighted by atomic mass is 9.98. The van der Waals surface area contributed by atoms with Crippen molar-refractivity contribution >= 4 is 17.7 Å². The van der Waals surface area contributed by atoms with Gasteiger partial charge in [-0.2, -0.15) is 0 Å². The smallest absolute Gasteiger partial charge is 0.161 e. The molecule has 1 heterocycles. The van der Waals surface area contributed by atoms with Crippen LogP contribution in [0.3, 0.4) is 0 Å². The van der Waals surface area contributed by atoms with Crippen LogP contribution in [0.2, 0.25) is 0 Å². The normalized spacial score (nSPS) is 16.8. The summed E-state index contributed by atoms with van der Waals surface area (Å²) in [6.45, 7) is 4.80. The number of oxime groups is 1. The van der Waals surface area contributed by atoms with Crippen molar-refractivity contribution < 1.29 is 9.23 Å². The van der Waals surface area contributed by atoms with Crippen LogP contribution in [-0.2, 0) is 4.84 Å². The average molecular weight is 339 g/mol. The zero-order chi connectivity index (χ0) is 17.8. The minimum Gasteiger partial charge on any atom is -0.387 e. The van der Waals surface area contributed by atoms with Crippen LogP contribution in [0.4, 0.5) is 10.1 Å². The molecule has 4 nitrogen and oxygen atoms in total. The number of rotatable bonds is 5. The van der Waals surface area contributed by atoms with E-state index < -0.39 is 6.10 Å². The molecule has 2 aromatic carbocycles. The van der Waals surface area contributed by atoms with Crippen molar-refractivity contribution in [3.8, 4) is 0 Å². The van der Waals surface area contributed by atoms with Gasteiger partial charge in [0.25, 0.3) is 0 Å². The molecule has 0 N–H and O–H groups in total. The third-order valence-electron chi connectivity index (χ3n) is 4.33. The van der Waals surface area contributed by atoms with E-state index in [0.717, 1.165) is 23.4 Å². The second-order valence-corrected chi connectivity index (χ2v) is 6.18. The molecule has 0 radical (unpaired) electrons. The summed E-state index contributed by atoms with van der Waals surface area (Å²) in [6, 6.07) is 13.1. The zero-order valence-electron chi connectivity index (χ0n) is 14.7. The zero-order valence-corrected chi connectivity index (χ0v) is 14.7. The Labute approximate surface area is 147 Å². The van der Waals surface area contributed by atoms with Gasteiger partial charge in [0.1, 0.15) is 5.82 Å². The standard InChI is InChI=1S/C20H22FN3O/c1-4-24(3)13-22-18-11-17(21)16(10-14(18)2)20-12-19(23-25-20)15-8-6-5-7-9-15/h5-11,13,20H,4,12H2,1-3H3. The van der Waals surface area contributed by atoms with Crippen LogP contribution in [0, 0.1) is 12.7 Å². The Morgan fingerprint density at radius 2 is 2.08 bits per heavy atom. The Bertz CT molecular complexity index is 802. The Morgan fingerprint density at radius 3 is 2.80 bits per heavy atom. The Morgan fingerprint density at radius 1 is 1.32 bits per heavy atom. The molecule has 0 saturated heterocycles. The molecule has 1 atom stereocenters. The van der Waals surface area contributed by atoms with E-state index in [-0.39, 0.29) is 5.82 Å². The van der Waals surface area contributed by atoms with Gasteiger partial charge in [0.05, 0.1) is 17.7 Å². The fourth-order valence-corrected chi connectivity index (χ4v) is 2.67. The van der Waals surface area contributed by atoms with Crippen LogP contribution >= 0.6 is 0 Å². The molecule has 1 aliphatic rings. The van der Waals surface area contributed by atoms with Crippen LogP contribution in [0.25, 0.3) is 0 Å². The molecule has 0 amide bonds. The van der Waals surface area contributed by atoms with Crippen LogP contribution in [0.1, 0.15) is 36.1 Å². The summed E-state index contributed by atoms with van der Waals surface area (Å²) in [7, 11) is 1.93. The first-order chi connectivity index (χ1) is 12.1. The summed E-state index contributed by atoms with van der Waals surface area (Å²) in [5.41, 5.74) is 3.91. The molecule has 5 heteroatoms. The Kier molecular flexibility index (Phi) is 5.12. The molecule has 3 rings (SSSR count). The summed E-state index contributed by atoms with van der Waals surface area (Å²) < 4.78 is 14.6. The van der Waals surface area contributed by atoms with Crippen LogP contribution < -0.4 is 0 Å². The first kappa shape index (κ1) is 17.1. The van der Waals surface area contributed by atoms with Crippen molar-refractivity contribution in [3.63, 3.8) is 0 Å². The molecule has 0 spiro atoms. The number of hydrogen-bond donors (Lipinski definition) is 0. The van der Waals surface area contributed by atoms with Crippen molar-refractivity contribution in [1.82, 2.24) is 4.90 Å². The number of aliphatic imine (C=N–C) groups is 1. The van der Waals surface area contributed by atoms with Crippen molar-refractivity contribution in [3.05, 3.63) is 65.0 Å². The maximum atomic E-state index is 14.6. The minimum atomic E-state index is -0.398. The lowest BCUT2D eigenvalue weighted by Crippen LogP contribution is -2.14. The van der Waals surface area contributed by atoms with Crippen molar-refractivity contribution in [2.75, 3.05) is 13.6 Å². The predicted octanol–water partition coefficient (Wildman–Crippen LogP) is 4.61. The van der Waals surface area contributed by atoms with Crippen LogP contribution in [0.15, 0.2) is 52.6 Å². The largest absolute Gasteiger partial charge is 0.387 e. The molecule has 25 heavy (non-hydrogen) atoms. The fourth-order valence-electron chi connectivity index (χ4n) is 2.67. The van der Waals surface area contributed by atoms with Gasteiger partial charge in [0, 0.05) is 31.6 Å². The summed E-state index contributed by atoms with van der Waals surface area (Å²) in [4.78, 5) is 11.8. The molecule has 2 aromatic rings. The van der Waals surface area contributed by atoms with Gasteiger partial charge in [-0.3, -0.25) is 0 Å². The summed E-state index contributed by atoms with van der Waals surface area (Å²) in [5.74, 6) is -0.314. The lowest BCUT2D eigenvalue weighted by molar-refractivity contribution is 0.0829. The van der Waals surface area contributed by atoms with Gasteiger partial charge in [-0.1, -0.05) is 35.5 Å². The molecular formula is C20H22FN3O. The van der Waals surface area contributed by atoms with Gasteiger partial charge in [-0.15, -0.1) is 0 Å². The molecule has 0 fully saturated rings. The van der Waals surface area contributed by atoms with E-state index in [1.54, 1.807) is 6.34 Å². The molecule has 1 aliphatic heterocycles. The van der Waals surface area contributed by atoms with E-state index in [1.165, 1.54) is 6.07 Å². The van der Waals surface area contributed by atoms with Gasteiger partial charge in [0.15, 0.2) is 6.10 Å². The highest BCUT2D eigenvalue weighted by atomic mass is 19.1. The van der Waals surface area contributed by atoms with Gasteiger partial charge >= 0.3 is 0 Å². The fraction of sp³-hybridized carbons (Fsp3) is 0.300. The average Bonchev–Trinajstić information content (AvgIpc) is 3.12. The van der Waals surface area contributed by atoms with Crippen LogP contribution in [-0.4, -0.2) is 30.5 Å². The first-order valence-electron chi connectivity index (χ1n) is 8.41. The molecule has 0 aromatic heterocycles. The number of nitrogens with zero attached hydrogens (tertiary/aromatic N) is 3. The first-order valence-corrected chi connectivity index (χ1v) is 8.41. The monoisotopic (exact) mass is 339 g/mol. The lowest BCUT2D eigenvalue weighted by Gasteiger charge is -2.13. The maximum absolute atomic E-state index is 14.6.